The average molecular weight is 481 g/mol. The van der Waals surface area contributed by atoms with Crippen LogP contribution in [0.4, 0.5) is 11.4 Å². The second-order valence-electron chi connectivity index (χ2n) is 9.03. The SMILES string of the molecule is CCC(C)(C)c1ccc(OCC(=O)Nc2ccc(S(=O)(=O)Nc3ccc(C)c(C)c3)cc2)cc1. The summed E-state index contributed by atoms with van der Waals surface area (Å²) in [6, 6.07) is 19.2. The summed E-state index contributed by atoms with van der Waals surface area (Å²) in [5.74, 6) is 0.284. The van der Waals surface area contributed by atoms with Gasteiger partial charge >= 0.3 is 0 Å². The first kappa shape index (κ1) is 25.3. The molecule has 180 valence electrons. The van der Waals surface area contributed by atoms with E-state index in [4.69, 9.17) is 4.74 Å². The van der Waals surface area contributed by atoms with Crippen molar-refractivity contribution in [2.24, 2.45) is 0 Å². The highest BCUT2D eigenvalue weighted by molar-refractivity contribution is 7.92. The van der Waals surface area contributed by atoms with Gasteiger partial charge in [0, 0.05) is 11.4 Å². The maximum absolute atomic E-state index is 12.7. The predicted octanol–water partition coefficient (Wildman–Crippen LogP) is 5.81. The fourth-order valence-electron chi connectivity index (χ4n) is 3.29. The monoisotopic (exact) mass is 480 g/mol. The maximum atomic E-state index is 12.7. The van der Waals surface area contributed by atoms with Crippen LogP contribution in [0.25, 0.3) is 0 Å². The summed E-state index contributed by atoms with van der Waals surface area (Å²) in [6.07, 6.45) is 1.03. The zero-order valence-electron chi connectivity index (χ0n) is 20.3. The number of carbonyl (C=O) groups is 1. The van der Waals surface area contributed by atoms with Crippen molar-refractivity contribution in [2.75, 3.05) is 16.6 Å². The van der Waals surface area contributed by atoms with Crippen molar-refractivity contribution in [3.05, 3.63) is 83.4 Å². The van der Waals surface area contributed by atoms with Gasteiger partial charge in [-0.25, -0.2) is 8.42 Å². The number of hydrogen-bond donors (Lipinski definition) is 2. The number of anilines is 2. The Hall–Kier alpha value is -3.32. The first-order chi connectivity index (χ1) is 16.0. The van der Waals surface area contributed by atoms with Crippen LogP contribution in [0.3, 0.4) is 0 Å². The molecule has 0 atom stereocenters. The van der Waals surface area contributed by atoms with Crippen LogP contribution in [0, 0.1) is 13.8 Å². The van der Waals surface area contributed by atoms with Crippen LogP contribution in [-0.4, -0.2) is 20.9 Å². The third-order valence-electron chi connectivity index (χ3n) is 6.10. The number of nitrogens with one attached hydrogen (secondary N) is 2. The Morgan fingerprint density at radius 3 is 2.09 bits per heavy atom. The fourth-order valence-corrected chi connectivity index (χ4v) is 4.34. The summed E-state index contributed by atoms with van der Waals surface area (Å²) in [7, 11) is -3.74. The molecule has 0 aliphatic heterocycles. The summed E-state index contributed by atoms with van der Waals surface area (Å²) in [4.78, 5) is 12.4. The van der Waals surface area contributed by atoms with E-state index in [1.165, 1.54) is 17.7 Å². The Kier molecular flexibility index (Phi) is 7.67. The van der Waals surface area contributed by atoms with Crippen molar-refractivity contribution in [1.82, 2.24) is 0 Å². The zero-order chi connectivity index (χ0) is 24.9. The molecule has 0 fully saturated rings. The number of ether oxygens (including phenoxy) is 1. The van der Waals surface area contributed by atoms with Crippen molar-refractivity contribution in [3.63, 3.8) is 0 Å². The van der Waals surface area contributed by atoms with Gasteiger partial charge < -0.3 is 10.1 Å². The lowest BCUT2D eigenvalue weighted by molar-refractivity contribution is -0.118. The third-order valence-corrected chi connectivity index (χ3v) is 7.49. The summed E-state index contributed by atoms with van der Waals surface area (Å²) < 4.78 is 33.5. The van der Waals surface area contributed by atoms with Gasteiger partial charge in [0.1, 0.15) is 5.75 Å². The topological polar surface area (TPSA) is 84.5 Å². The van der Waals surface area contributed by atoms with Crippen LogP contribution in [0.1, 0.15) is 43.9 Å². The van der Waals surface area contributed by atoms with E-state index >= 15 is 0 Å². The number of hydrogen-bond acceptors (Lipinski definition) is 4. The highest BCUT2D eigenvalue weighted by atomic mass is 32.2. The molecule has 0 saturated carbocycles. The first-order valence-electron chi connectivity index (χ1n) is 11.2. The van der Waals surface area contributed by atoms with E-state index in [0.29, 0.717) is 17.1 Å². The highest BCUT2D eigenvalue weighted by Gasteiger charge is 2.18. The number of benzene rings is 3. The molecule has 0 spiro atoms. The zero-order valence-corrected chi connectivity index (χ0v) is 21.1. The quantitative estimate of drug-likeness (QED) is 0.405. The molecule has 0 aliphatic carbocycles. The van der Waals surface area contributed by atoms with Crippen LogP contribution in [0.5, 0.6) is 5.75 Å². The van der Waals surface area contributed by atoms with Gasteiger partial charge in [0.15, 0.2) is 6.61 Å². The van der Waals surface area contributed by atoms with Gasteiger partial charge in [-0.2, -0.15) is 0 Å². The largest absolute Gasteiger partial charge is 0.484 e. The van der Waals surface area contributed by atoms with Gasteiger partial charge in [0.25, 0.3) is 15.9 Å². The van der Waals surface area contributed by atoms with Gasteiger partial charge in [-0.3, -0.25) is 9.52 Å². The van der Waals surface area contributed by atoms with E-state index in [1.54, 1.807) is 24.3 Å². The summed E-state index contributed by atoms with van der Waals surface area (Å²) in [6.45, 7) is 10.3. The fraction of sp³-hybridized carbons (Fsp3) is 0.296. The smallest absolute Gasteiger partial charge is 0.262 e. The molecule has 3 aromatic rings. The lowest BCUT2D eigenvalue weighted by atomic mass is 9.82. The standard InChI is InChI=1S/C27H32N2O4S/c1-6-27(4,5)21-8-13-24(14-9-21)33-18-26(30)28-22-11-15-25(16-12-22)34(31,32)29-23-10-7-19(2)20(3)17-23/h7-17,29H,6,18H2,1-5H3,(H,28,30). The minimum Gasteiger partial charge on any atom is -0.484 e. The normalized spacial score (nSPS) is 11.7. The van der Waals surface area contributed by atoms with Crippen molar-refractivity contribution in [2.45, 2.75) is 51.3 Å². The van der Waals surface area contributed by atoms with Crippen molar-refractivity contribution < 1.29 is 17.9 Å². The van der Waals surface area contributed by atoms with Crippen LogP contribution in [-0.2, 0) is 20.2 Å². The Morgan fingerprint density at radius 1 is 0.882 bits per heavy atom. The third kappa shape index (κ3) is 6.38. The molecule has 6 nitrogen and oxygen atoms in total. The average Bonchev–Trinajstić information content (AvgIpc) is 2.80. The van der Waals surface area contributed by atoms with Crippen molar-refractivity contribution in [1.29, 1.82) is 0 Å². The van der Waals surface area contributed by atoms with Crippen molar-refractivity contribution >= 4 is 27.3 Å². The Bertz CT molecular complexity index is 1250. The highest BCUT2D eigenvalue weighted by Crippen LogP contribution is 2.28. The summed E-state index contributed by atoms with van der Waals surface area (Å²) >= 11 is 0. The molecule has 0 aromatic heterocycles. The molecule has 0 saturated heterocycles. The molecular weight excluding hydrogens is 448 g/mol. The van der Waals surface area contributed by atoms with Crippen LogP contribution < -0.4 is 14.8 Å². The Balaban J connectivity index is 1.56. The summed E-state index contributed by atoms with van der Waals surface area (Å²) in [5.41, 5.74) is 4.38. The summed E-state index contributed by atoms with van der Waals surface area (Å²) in [5, 5.41) is 2.72. The minimum atomic E-state index is -3.74. The molecule has 3 aromatic carbocycles. The number of aryl methyl sites for hydroxylation is 2. The van der Waals surface area contributed by atoms with E-state index in [-0.39, 0.29) is 22.8 Å². The van der Waals surface area contributed by atoms with Crippen molar-refractivity contribution in [3.8, 4) is 5.75 Å². The van der Waals surface area contributed by atoms with Gasteiger partial charge in [-0.05, 0) is 90.9 Å². The van der Waals surface area contributed by atoms with Gasteiger partial charge in [-0.15, -0.1) is 0 Å². The number of sulfonamides is 1. The number of rotatable bonds is 9. The van der Waals surface area contributed by atoms with E-state index < -0.39 is 10.0 Å². The van der Waals surface area contributed by atoms with Crippen LogP contribution in [0.15, 0.2) is 71.6 Å². The van der Waals surface area contributed by atoms with E-state index in [1.807, 2.05) is 44.2 Å². The van der Waals surface area contributed by atoms with E-state index in [2.05, 4.69) is 30.8 Å². The van der Waals surface area contributed by atoms with Gasteiger partial charge in [0.2, 0.25) is 0 Å². The van der Waals surface area contributed by atoms with Gasteiger partial charge in [-0.1, -0.05) is 39.0 Å². The molecule has 0 unspecified atom stereocenters. The Labute approximate surface area is 202 Å². The molecule has 3 rings (SSSR count). The minimum absolute atomic E-state index is 0.0874. The molecule has 1 amide bonds. The molecule has 2 N–H and O–H groups in total. The lowest BCUT2D eigenvalue weighted by Gasteiger charge is -2.23. The lowest BCUT2D eigenvalue weighted by Crippen LogP contribution is -2.20. The molecule has 34 heavy (non-hydrogen) atoms. The molecule has 0 radical (unpaired) electrons. The van der Waals surface area contributed by atoms with Gasteiger partial charge in [0.05, 0.1) is 4.90 Å². The number of carbonyl (C=O) groups excluding carboxylic acids is 1. The molecular formula is C27H32N2O4S. The molecule has 0 heterocycles. The molecule has 7 heteroatoms. The van der Waals surface area contributed by atoms with Crippen LogP contribution in [0.2, 0.25) is 0 Å². The maximum Gasteiger partial charge on any atom is 0.262 e. The van der Waals surface area contributed by atoms with E-state index in [0.717, 1.165) is 17.5 Å². The predicted molar refractivity (Wildman–Crippen MR) is 137 cm³/mol. The number of amides is 1. The Morgan fingerprint density at radius 2 is 1.50 bits per heavy atom. The van der Waals surface area contributed by atoms with E-state index in [9.17, 15) is 13.2 Å². The second kappa shape index (κ2) is 10.3. The molecule has 0 bridgehead atoms. The van der Waals surface area contributed by atoms with Crippen LogP contribution >= 0.6 is 0 Å². The molecule has 0 aliphatic rings. The second-order valence-corrected chi connectivity index (χ2v) is 10.7. The first-order valence-corrected chi connectivity index (χ1v) is 12.7.